The molecule has 5 heteroatoms. The highest BCUT2D eigenvalue weighted by molar-refractivity contribution is 5.39. The minimum Gasteiger partial charge on any atom is -0.378 e. The van der Waals surface area contributed by atoms with Gasteiger partial charge in [-0.15, -0.1) is 0 Å². The molecule has 0 bridgehead atoms. The fraction of sp³-hybridized carbons (Fsp3) is 0.500. The summed E-state index contributed by atoms with van der Waals surface area (Å²) in [5.41, 5.74) is 3.46. The molecule has 1 N–H and O–H groups in total. The fourth-order valence-electron chi connectivity index (χ4n) is 1.85. The van der Waals surface area contributed by atoms with Gasteiger partial charge in [-0.05, 0) is 13.3 Å². The Hall–Kier alpha value is -1.78. The van der Waals surface area contributed by atoms with Gasteiger partial charge in [0, 0.05) is 38.1 Å². The minimum atomic E-state index is 0.798. The zero-order valence-electron chi connectivity index (χ0n) is 10.6. The number of aromatic nitrogens is 4. The van der Waals surface area contributed by atoms with Crippen molar-refractivity contribution in [1.29, 1.82) is 0 Å². The molecule has 0 spiro atoms. The topological polar surface area (TPSA) is 47.7 Å². The first kappa shape index (κ1) is 11.7. The zero-order valence-corrected chi connectivity index (χ0v) is 10.6. The molecule has 0 aliphatic carbocycles. The molecule has 17 heavy (non-hydrogen) atoms. The van der Waals surface area contributed by atoms with Crippen LogP contribution >= 0.6 is 0 Å². The van der Waals surface area contributed by atoms with Crippen molar-refractivity contribution in [3.8, 4) is 0 Å². The third-order valence-corrected chi connectivity index (χ3v) is 2.77. The molecule has 0 saturated heterocycles. The standard InChI is InChI=1S/C12H19N5/c1-4-12-10(8-16(3)15-12)6-13-11-7-14-17(5-2)9-11/h7-9,13H,4-6H2,1-3H3. The van der Waals surface area contributed by atoms with Crippen LogP contribution in [0.4, 0.5) is 5.69 Å². The summed E-state index contributed by atoms with van der Waals surface area (Å²) in [4.78, 5) is 0. The van der Waals surface area contributed by atoms with Crippen molar-refractivity contribution in [3.63, 3.8) is 0 Å². The van der Waals surface area contributed by atoms with Gasteiger partial charge < -0.3 is 5.32 Å². The summed E-state index contributed by atoms with van der Waals surface area (Å²) in [6.07, 6.45) is 6.90. The van der Waals surface area contributed by atoms with Crippen LogP contribution in [-0.2, 0) is 26.6 Å². The average molecular weight is 233 g/mol. The van der Waals surface area contributed by atoms with Crippen molar-refractivity contribution in [3.05, 3.63) is 29.8 Å². The van der Waals surface area contributed by atoms with E-state index in [0.717, 1.165) is 30.9 Å². The van der Waals surface area contributed by atoms with E-state index in [-0.39, 0.29) is 0 Å². The van der Waals surface area contributed by atoms with Gasteiger partial charge >= 0.3 is 0 Å². The summed E-state index contributed by atoms with van der Waals surface area (Å²) in [5, 5.41) is 12.0. The average Bonchev–Trinajstić information content (AvgIpc) is 2.92. The minimum absolute atomic E-state index is 0.798. The van der Waals surface area contributed by atoms with Gasteiger partial charge in [-0.25, -0.2) is 0 Å². The highest BCUT2D eigenvalue weighted by atomic mass is 15.3. The molecule has 0 amide bonds. The van der Waals surface area contributed by atoms with Crippen LogP contribution in [0.1, 0.15) is 25.1 Å². The van der Waals surface area contributed by atoms with Gasteiger partial charge in [-0.3, -0.25) is 9.36 Å². The number of rotatable bonds is 5. The molecule has 0 unspecified atom stereocenters. The molecule has 0 radical (unpaired) electrons. The van der Waals surface area contributed by atoms with Crippen LogP contribution in [0.2, 0.25) is 0 Å². The fourth-order valence-corrected chi connectivity index (χ4v) is 1.85. The Labute approximate surface area is 101 Å². The second-order valence-corrected chi connectivity index (χ2v) is 4.07. The summed E-state index contributed by atoms with van der Waals surface area (Å²) in [6.45, 7) is 5.90. The largest absolute Gasteiger partial charge is 0.378 e. The Morgan fingerprint density at radius 3 is 2.76 bits per heavy atom. The number of hydrogen-bond acceptors (Lipinski definition) is 3. The monoisotopic (exact) mass is 233 g/mol. The Kier molecular flexibility index (Phi) is 3.46. The normalized spacial score (nSPS) is 10.8. The van der Waals surface area contributed by atoms with E-state index in [9.17, 15) is 0 Å². The molecule has 92 valence electrons. The van der Waals surface area contributed by atoms with E-state index in [2.05, 4.69) is 35.6 Å². The number of anilines is 1. The van der Waals surface area contributed by atoms with E-state index in [4.69, 9.17) is 0 Å². The van der Waals surface area contributed by atoms with Gasteiger partial charge in [0.2, 0.25) is 0 Å². The van der Waals surface area contributed by atoms with Crippen LogP contribution in [0.3, 0.4) is 0 Å². The van der Waals surface area contributed by atoms with E-state index >= 15 is 0 Å². The van der Waals surface area contributed by atoms with Gasteiger partial charge in [0.05, 0.1) is 17.6 Å². The quantitative estimate of drug-likeness (QED) is 0.856. The molecule has 0 fully saturated rings. The van der Waals surface area contributed by atoms with Crippen molar-refractivity contribution < 1.29 is 0 Å². The zero-order chi connectivity index (χ0) is 12.3. The van der Waals surface area contributed by atoms with Gasteiger partial charge in [0.1, 0.15) is 0 Å². The van der Waals surface area contributed by atoms with E-state index in [0.29, 0.717) is 0 Å². The highest BCUT2D eigenvalue weighted by Gasteiger charge is 2.05. The first-order chi connectivity index (χ1) is 8.22. The molecular formula is C12H19N5. The maximum absolute atomic E-state index is 4.42. The van der Waals surface area contributed by atoms with Crippen LogP contribution in [-0.4, -0.2) is 19.6 Å². The van der Waals surface area contributed by atoms with E-state index < -0.39 is 0 Å². The van der Waals surface area contributed by atoms with Crippen LogP contribution in [0.5, 0.6) is 0 Å². The molecule has 2 aromatic heterocycles. The lowest BCUT2D eigenvalue weighted by Gasteiger charge is -2.02. The maximum atomic E-state index is 4.42. The molecule has 2 heterocycles. The van der Waals surface area contributed by atoms with Crippen LogP contribution < -0.4 is 5.32 Å². The first-order valence-electron chi connectivity index (χ1n) is 6.00. The molecule has 0 aromatic carbocycles. The third-order valence-electron chi connectivity index (χ3n) is 2.77. The second kappa shape index (κ2) is 5.03. The van der Waals surface area contributed by atoms with Gasteiger partial charge in [-0.1, -0.05) is 6.92 Å². The van der Waals surface area contributed by atoms with Crippen molar-refractivity contribution in [1.82, 2.24) is 19.6 Å². The molecule has 0 atom stereocenters. The lowest BCUT2D eigenvalue weighted by molar-refractivity contribution is 0.660. The molecule has 5 nitrogen and oxygen atoms in total. The first-order valence-corrected chi connectivity index (χ1v) is 6.00. The summed E-state index contributed by atoms with van der Waals surface area (Å²) < 4.78 is 3.78. The highest BCUT2D eigenvalue weighted by Crippen LogP contribution is 2.11. The molecule has 0 aliphatic rings. The van der Waals surface area contributed by atoms with Crippen molar-refractivity contribution in [2.45, 2.75) is 33.4 Å². The third kappa shape index (κ3) is 2.67. The maximum Gasteiger partial charge on any atom is 0.0729 e. The number of hydrogen-bond donors (Lipinski definition) is 1. The van der Waals surface area contributed by atoms with E-state index in [1.54, 1.807) is 0 Å². The van der Waals surface area contributed by atoms with Crippen molar-refractivity contribution in [2.24, 2.45) is 7.05 Å². The summed E-state index contributed by atoms with van der Waals surface area (Å²) in [7, 11) is 1.96. The second-order valence-electron chi connectivity index (χ2n) is 4.07. The molecular weight excluding hydrogens is 214 g/mol. The number of aryl methyl sites for hydroxylation is 3. The van der Waals surface area contributed by atoms with E-state index in [1.165, 1.54) is 5.56 Å². The van der Waals surface area contributed by atoms with Gasteiger partial charge in [0.15, 0.2) is 0 Å². The van der Waals surface area contributed by atoms with Crippen molar-refractivity contribution >= 4 is 5.69 Å². The Morgan fingerprint density at radius 2 is 2.12 bits per heavy atom. The molecule has 0 aliphatic heterocycles. The summed E-state index contributed by atoms with van der Waals surface area (Å²) in [5.74, 6) is 0. The SMILES string of the molecule is CCc1nn(C)cc1CNc1cnn(CC)c1. The lowest BCUT2D eigenvalue weighted by Crippen LogP contribution is -2.00. The summed E-state index contributed by atoms with van der Waals surface area (Å²) in [6, 6.07) is 0. The smallest absolute Gasteiger partial charge is 0.0729 e. The van der Waals surface area contributed by atoms with Crippen LogP contribution in [0.25, 0.3) is 0 Å². The molecule has 2 aromatic rings. The lowest BCUT2D eigenvalue weighted by atomic mass is 10.2. The Morgan fingerprint density at radius 1 is 1.29 bits per heavy atom. The van der Waals surface area contributed by atoms with Crippen LogP contribution in [0, 0.1) is 0 Å². The Bertz CT molecular complexity index is 483. The predicted octanol–water partition coefficient (Wildman–Crippen LogP) is 1.81. The number of nitrogens with zero attached hydrogens (tertiary/aromatic N) is 4. The Balaban J connectivity index is 2.01. The summed E-state index contributed by atoms with van der Waals surface area (Å²) >= 11 is 0. The van der Waals surface area contributed by atoms with Gasteiger partial charge in [-0.2, -0.15) is 10.2 Å². The molecule has 0 saturated carbocycles. The van der Waals surface area contributed by atoms with Gasteiger partial charge in [0.25, 0.3) is 0 Å². The predicted molar refractivity (Wildman–Crippen MR) is 67.8 cm³/mol. The van der Waals surface area contributed by atoms with Crippen LogP contribution in [0.15, 0.2) is 18.6 Å². The molecule has 2 rings (SSSR count). The van der Waals surface area contributed by atoms with Crippen molar-refractivity contribution in [2.75, 3.05) is 5.32 Å². The van der Waals surface area contributed by atoms with E-state index in [1.807, 2.05) is 28.8 Å². The number of nitrogens with one attached hydrogen (secondary N) is 1.